The maximum atomic E-state index is 12.7. The number of ether oxygens (including phenoxy) is 1. The van der Waals surface area contributed by atoms with Gasteiger partial charge in [-0.25, -0.2) is 0 Å². The zero-order chi connectivity index (χ0) is 20.6. The molecule has 0 aliphatic carbocycles. The minimum atomic E-state index is 0. The van der Waals surface area contributed by atoms with Crippen LogP contribution in [0.4, 0.5) is 0 Å². The molecule has 6 nitrogen and oxygen atoms in total. The number of halogens is 1. The SMILES string of the molecule is CCNC(=NCCc1cc(C)cc(C)c1)N1CCC(C(=O)N2CCOCC2)CC1.I. The molecule has 0 aromatic heterocycles. The summed E-state index contributed by atoms with van der Waals surface area (Å²) in [5.41, 5.74) is 3.96. The smallest absolute Gasteiger partial charge is 0.225 e. The number of nitrogens with one attached hydrogen (secondary N) is 1. The highest BCUT2D eigenvalue weighted by atomic mass is 127. The van der Waals surface area contributed by atoms with Gasteiger partial charge >= 0.3 is 0 Å². The highest BCUT2D eigenvalue weighted by molar-refractivity contribution is 14.0. The molecule has 0 unspecified atom stereocenters. The number of aryl methyl sites for hydroxylation is 2. The van der Waals surface area contributed by atoms with Crippen LogP contribution in [0, 0.1) is 19.8 Å². The van der Waals surface area contributed by atoms with Crippen molar-refractivity contribution < 1.29 is 9.53 Å². The lowest BCUT2D eigenvalue weighted by Gasteiger charge is -2.36. The standard InChI is InChI=1S/C23H36N4O2.HI/c1-4-24-23(25-8-5-20-16-18(2)15-19(3)17-20)27-9-6-21(7-10-27)22(28)26-11-13-29-14-12-26;/h15-17,21H,4-14H2,1-3H3,(H,24,25);1H. The van der Waals surface area contributed by atoms with E-state index >= 15 is 0 Å². The van der Waals surface area contributed by atoms with Crippen LogP contribution in [0.25, 0.3) is 0 Å². The van der Waals surface area contributed by atoms with Gasteiger partial charge in [0.15, 0.2) is 5.96 Å². The maximum absolute atomic E-state index is 12.7. The third-order valence-corrected chi connectivity index (χ3v) is 5.74. The van der Waals surface area contributed by atoms with E-state index in [1.165, 1.54) is 16.7 Å². The Morgan fingerprint density at radius 3 is 2.30 bits per heavy atom. The Balaban J connectivity index is 0.00000320. The van der Waals surface area contributed by atoms with Crippen LogP contribution in [-0.4, -0.2) is 74.1 Å². The van der Waals surface area contributed by atoms with Crippen molar-refractivity contribution in [3.05, 3.63) is 34.9 Å². The summed E-state index contributed by atoms with van der Waals surface area (Å²) in [6.45, 7) is 12.6. The molecule has 2 aliphatic heterocycles. The second kappa shape index (κ2) is 12.5. The molecular weight excluding hydrogens is 491 g/mol. The number of nitrogens with zero attached hydrogens (tertiary/aromatic N) is 3. The molecule has 0 bridgehead atoms. The van der Waals surface area contributed by atoms with Gasteiger partial charge in [0.25, 0.3) is 0 Å². The summed E-state index contributed by atoms with van der Waals surface area (Å²) in [4.78, 5) is 21.9. The molecule has 1 N–H and O–H groups in total. The average Bonchev–Trinajstić information content (AvgIpc) is 2.73. The van der Waals surface area contributed by atoms with Crippen LogP contribution < -0.4 is 5.32 Å². The molecule has 2 aliphatic rings. The number of carbonyl (C=O) groups is 1. The summed E-state index contributed by atoms with van der Waals surface area (Å²) in [6.07, 6.45) is 2.75. The van der Waals surface area contributed by atoms with Crippen molar-refractivity contribution >= 4 is 35.8 Å². The number of likely N-dealkylation sites (tertiary alicyclic amines) is 1. The molecule has 0 spiro atoms. The largest absolute Gasteiger partial charge is 0.378 e. The number of amides is 1. The molecule has 168 valence electrons. The molecular formula is C23H37IN4O2. The van der Waals surface area contributed by atoms with Crippen molar-refractivity contribution in [2.24, 2.45) is 10.9 Å². The maximum Gasteiger partial charge on any atom is 0.225 e. The predicted octanol–water partition coefficient (Wildman–Crippen LogP) is 3.00. The number of hydrogen-bond donors (Lipinski definition) is 1. The number of hydrogen-bond acceptors (Lipinski definition) is 3. The molecule has 0 saturated carbocycles. The molecule has 7 heteroatoms. The van der Waals surface area contributed by atoms with Crippen LogP contribution in [-0.2, 0) is 16.0 Å². The van der Waals surface area contributed by atoms with Gasteiger partial charge < -0.3 is 19.9 Å². The van der Waals surface area contributed by atoms with Crippen LogP contribution in [0.15, 0.2) is 23.2 Å². The minimum absolute atomic E-state index is 0. The Kier molecular flexibility index (Phi) is 10.4. The Hall–Kier alpha value is -1.35. The number of aliphatic imine (C=N–C) groups is 1. The van der Waals surface area contributed by atoms with Crippen molar-refractivity contribution in [2.75, 3.05) is 52.5 Å². The van der Waals surface area contributed by atoms with E-state index < -0.39 is 0 Å². The average molecular weight is 528 g/mol. The normalized spacial score (nSPS) is 18.2. The summed E-state index contributed by atoms with van der Waals surface area (Å²) in [5, 5.41) is 3.43. The van der Waals surface area contributed by atoms with Gasteiger partial charge in [0.2, 0.25) is 5.91 Å². The number of carbonyl (C=O) groups excluding carboxylic acids is 1. The van der Waals surface area contributed by atoms with Gasteiger partial charge in [0.05, 0.1) is 13.2 Å². The van der Waals surface area contributed by atoms with Crippen LogP contribution in [0.1, 0.15) is 36.5 Å². The summed E-state index contributed by atoms with van der Waals surface area (Å²) >= 11 is 0. The van der Waals surface area contributed by atoms with E-state index in [-0.39, 0.29) is 29.9 Å². The molecule has 2 heterocycles. The fourth-order valence-corrected chi connectivity index (χ4v) is 4.31. The van der Waals surface area contributed by atoms with E-state index in [2.05, 4.69) is 49.2 Å². The molecule has 0 radical (unpaired) electrons. The van der Waals surface area contributed by atoms with Crippen LogP contribution in [0.2, 0.25) is 0 Å². The van der Waals surface area contributed by atoms with Gasteiger partial charge in [-0.15, -0.1) is 24.0 Å². The number of rotatable bonds is 5. The zero-order valence-electron chi connectivity index (χ0n) is 18.7. The molecule has 1 amide bonds. The summed E-state index contributed by atoms with van der Waals surface area (Å²) < 4.78 is 5.37. The van der Waals surface area contributed by atoms with Gasteiger partial charge in [0, 0.05) is 45.2 Å². The Morgan fingerprint density at radius 1 is 1.07 bits per heavy atom. The first-order valence-corrected chi connectivity index (χ1v) is 11.0. The first-order chi connectivity index (χ1) is 14.1. The van der Waals surface area contributed by atoms with Crippen molar-refractivity contribution in [1.29, 1.82) is 0 Å². The molecule has 1 aromatic rings. The van der Waals surface area contributed by atoms with Crippen LogP contribution >= 0.6 is 24.0 Å². The van der Waals surface area contributed by atoms with Crippen LogP contribution in [0.5, 0.6) is 0 Å². The van der Waals surface area contributed by atoms with Gasteiger partial charge in [-0.1, -0.05) is 29.3 Å². The van der Waals surface area contributed by atoms with Gasteiger partial charge in [-0.05, 0) is 45.6 Å². The quantitative estimate of drug-likeness (QED) is 0.363. The van der Waals surface area contributed by atoms with E-state index in [4.69, 9.17) is 9.73 Å². The van der Waals surface area contributed by atoms with E-state index in [0.717, 1.165) is 64.5 Å². The molecule has 1 aromatic carbocycles. The second-order valence-corrected chi connectivity index (χ2v) is 8.18. The lowest BCUT2D eigenvalue weighted by Crippen LogP contribution is -2.50. The number of morpholine rings is 1. The van der Waals surface area contributed by atoms with Gasteiger partial charge in [-0.3, -0.25) is 9.79 Å². The molecule has 30 heavy (non-hydrogen) atoms. The van der Waals surface area contributed by atoms with E-state index in [0.29, 0.717) is 19.1 Å². The second-order valence-electron chi connectivity index (χ2n) is 8.18. The summed E-state index contributed by atoms with van der Waals surface area (Å²) in [5.74, 6) is 1.43. The minimum Gasteiger partial charge on any atom is -0.378 e. The van der Waals surface area contributed by atoms with E-state index in [1.807, 2.05) is 4.90 Å². The monoisotopic (exact) mass is 528 g/mol. The molecule has 0 atom stereocenters. The number of benzene rings is 1. The Morgan fingerprint density at radius 2 is 1.70 bits per heavy atom. The Bertz CT molecular complexity index is 691. The van der Waals surface area contributed by atoms with E-state index in [9.17, 15) is 4.79 Å². The molecule has 2 fully saturated rings. The number of piperidine rings is 1. The van der Waals surface area contributed by atoms with Crippen molar-refractivity contribution in [3.63, 3.8) is 0 Å². The zero-order valence-corrected chi connectivity index (χ0v) is 21.0. The molecule has 3 rings (SSSR count). The van der Waals surface area contributed by atoms with Gasteiger partial charge in [0.1, 0.15) is 0 Å². The lowest BCUT2D eigenvalue weighted by atomic mass is 9.95. The third kappa shape index (κ3) is 7.11. The van der Waals surface area contributed by atoms with Crippen molar-refractivity contribution in [3.8, 4) is 0 Å². The van der Waals surface area contributed by atoms with Crippen molar-refractivity contribution in [2.45, 2.75) is 40.0 Å². The number of guanidine groups is 1. The predicted molar refractivity (Wildman–Crippen MR) is 133 cm³/mol. The van der Waals surface area contributed by atoms with Crippen LogP contribution in [0.3, 0.4) is 0 Å². The summed E-state index contributed by atoms with van der Waals surface area (Å²) in [6, 6.07) is 6.70. The summed E-state index contributed by atoms with van der Waals surface area (Å²) in [7, 11) is 0. The highest BCUT2D eigenvalue weighted by Gasteiger charge is 2.30. The first-order valence-electron chi connectivity index (χ1n) is 11.0. The first kappa shape index (κ1) is 24.9. The Labute approximate surface area is 198 Å². The van der Waals surface area contributed by atoms with E-state index in [1.54, 1.807) is 0 Å². The fourth-order valence-electron chi connectivity index (χ4n) is 4.31. The highest BCUT2D eigenvalue weighted by Crippen LogP contribution is 2.20. The lowest BCUT2D eigenvalue weighted by molar-refractivity contribution is -0.140. The van der Waals surface area contributed by atoms with Crippen molar-refractivity contribution in [1.82, 2.24) is 15.1 Å². The fraction of sp³-hybridized carbons (Fsp3) is 0.652. The topological polar surface area (TPSA) is 57.2 Å². The third-order valence-electron chi connectivity index (χ3n) is 5.74. The van der Waals surface area contributed by atoms with Gasteiger partial charge in [-0.2, -0.15) is 0 Å². The molecule has 2 saturated heterocycles.